The van der Waals surface area contributed by atoms with Crippen molar-refractivity contribution >= 4 is 11.7 Å². The topological polar surface area (TPSA) is 46.2 Å². The second-order valence-corrected chi connectivity index (χ2v) is 4.54. The summed E-state index contributed by atoms with van der Waals surface area (Å²) in [6, 6.07) is 0. The van der Waals surface area contributed by atoms with E-state index in [-0.39, 0.29) is 38.2 Å². The number of hydrogen-bond acceptors (Lipinski definition) is 2. The van der Waals surface area contributed by atoms with Gasteiger partial charge in [-0.05, 0) is 12.3 Å². The van der Waals surface area contributed by atoms with Crippen LogP contribution < -0.4 is 5.32 Å². The number of nitrogens with one attached hydrogen (secondary N) is 1. The molecule has 0 aliphatic carbocycles. The molecule has 0 aromatic carbocycles. The third-order valence-electron chi connectivity index (χ3n) is 1.37. The van der Waals surface area contributed by atoms with E-state index in [0.29, 0.717) is 19.4 Å². The number of rotatable bonds is 3. The van der Waals surface area contributed by atoms with E-state index in [4.69, 9.17) is 0 Å². The molecule has 0 spiro atoms. The zero-order valence-electron chi connectivity index (χ0n) is 10.8. The van der Waals surface area contributed by atoms with Crippen LogP contribution in [0.4, 0.5) is 0 Å². The third-order valence-corrected chi connectivity index (χ3v) is 1.37. The SMILES string of the molecule is [CH2-]CC(C)=O.[CH2-]CNC(=O)CC(C)(C)C.[W+2]. The monoisotopic (exact) mass is 397 g/mol. The number of carbonyl (C=O) groups excluding carboxylic acids is 2. The van der Waals surface area contributed by atoms with Crippen molar-refractivity contribution in [2.75, 3.05) is 6.54 Å². The van der Waals surface area contributed by atoms with Crippen molar-refractivity contribution in [1.82, 2.24) is 5.32 Å². The molecule has 0 aromatic rings. The van der Waals surface area contributed by atoms with Crippen molar-refractivity contribution in [1.29, 1.82) is 0 Å². The van der Waals surface area contributed by atoms with Crippen molar-refractivity contribution in [3.05, 3.63) is 13.8 Å². The van der Waals surface area contributed by atoms with Crippen LogP contribution in [0.25, 0.3) is 0 Å². The van der Waals surface area contributed by atoms with Gasteiger partial charge in [0.2, 0.25) is 5.91 Å². The molecule has 0 aliphatic heterocycles. The summed E-state index contributed by atoms with van der Waals surface area (Å²) in [5.74, 6) is 0.229. The molecule has 0 aliphatic rings. The van der Waals surface area contributed by atoms with Crippen LogP contribution in [0.3, 0.4) is 0 Å². The van der Waals surface area contributed by atoms with Crippen LogP contribution in [0.15, 0.2) is 0 Å². The first-order valence-corrected chi connectivity index (χ1v) is 5.07. The largest absolute Gasteiger partial charge is 2.00 e. The van der Waals surface area contributed by atoms with E-state index in [1.54, 1.807) is 0 Å². The zero-order chi connectivity index (χ0) is 12.5. The summed E-state index contributed by atoms with van der Waals surface area (Å²) >= 11 is 0. The molecule has 0 heterocycles. The van der Waals surface area contributed by atoms with Gasteiger partial charge >= 0.3 is 21.1 Å². The van der Waals surface area contributed by atoms with E-state index >= 15 is 0 Å². The summed E-state index contributed by atoms with van der Waals surface area (Å²) in [7, 11) is 0. The van der Waals surface area contributed by atoms with Gasteiger partial charge in [0.05, 0.1) is 5.78 Å². The average molecular weight is 397 g/mol. The maximum absolute atomic E-state index is 10.9. The summed E-state index contributed by atoms with van der Waals surface area (Å²) in [5, 5.41) is 2.65. The molecule has 0 bridgehead atoms. The molecule has 0 aromatic heterocycles. The van der Waals surface area contributed by atoms with Gasteiger partial charge in [-0.25, -0.2) is 0 Å². The minimum Gasteiger partial charge on any atom is -0.386 e. The van der Waals surface area contributed by atoms with Crippen molar-refractivity contribution in [2.45, 2.75) is 40.5 Å². The van der Waals surface area contributed by atoms with Crippen molar-refractivity contribution < 1.29 is 30.7 Å². The van der Waals surface area contributed by atoms with E-state index in [9.17, 15) is 9.59 Å². The number of amides is 1. The van der Waals surface area contributed by atoms with Gasteiger partial charge in [0.15, 0.2) is 0 Å². The maximum atomic E-state index is 10.9. The smallest absolute Gasteiger partial charge is 0.386 e. The predicted octanol–water partition coefficient (Wildman–Crippen LogP) is 2.17. The Morgan fingerprint density at radius 1 is 1.19 bits per heavy atom. The minimum atomic E-state index is 0. The summed E-state index contributed by atoms with van der Waals surface area (Å²) < 4.78 is 0. The van der Waals surface area contributed by atoms with Crippen LogP contribution >= 0.6 is 0 Å². The zero-order valence-corrected chi connectivity index (χ0v) is 13.7. The van der Waals surface area contributed by atoms with Crippen LogP contribution in [-0.4, -0.2) is 18.2 Å². The van der Waals surface area contributed by atoms with Crippen molar-refractivity contribution in [3.63, 3.8) is 0 Å². The first kappa shape index (κ1) is 21.1. The number of Topliss-reactive ketones (excluding diaryl/α,β-unsaturated/α-hetero) is 1. The molecule has 3 nitrogen and oxygen atoms in total. The van der Waals surface area contributed by atoms with Gasteiger partial charge in [-0.3, -0.25) is 4.79 Å². The molecule has 0 unspecified atom stereocenters. The summed E-state index contributed by atoms with van der Waals surface area (Å²) in [6.07, 6.45) is 0.989. The quantitative estimate of drug-likeness (QED) is 0.743. The molecule has 0 fully saturated rings. The van der Waals surface area contributed by atoms with Crippen LogP contribution in [0.2, 0.25) is 0 Å². The van der Waals surface area contributed by atoms with Crippen LogP contribution in [0.5, 0.6) is 0 Å². The Bertz CT molecular complexity index is 198. The summed E-state index contributed by atoms with van der Waals surface area (Å²) in [4.78, 5) is 20.7. The van der Waals surface area contributed by atoms with E-state index < -0.39 is 0 Å². The maximum Gasteiger partial charge on any atom is 2.00 e. The van der Waals surface area contributed by atoms with Crippen molar-refractivity contribution in [2.24, 2.45) is 5.41 Å². The Morgan fingerprint density at radius 2 is 1.56 bits per heavy atom. The van der Waals surface area contributed by atoms with Gasteiger partial charge < -0.3 is 24.0 Å². The molecule has 0 atom stereocenters. The average Bonchev–Trinajstić information content (AvgIpc) is 2.02. The number of carbonyl (C=O) groups is 2. The Kier molecular flexibility index (Phi) is 15.0. The van der Waals surface area contributed by atoms with E-state index in [1.807, 2.05) is 20.8 Å². The Hall–Kier alpha value is -0.172. The van der Waals surface area contributed by atoms with Crippen molar-refractivity contribution in [3.8, 4) is 0 Å². The predicted molar refractivity (Wildman–Crippen MR) is 63.1 cm³/mol. The normalized spacial score (nSPS) is 9.38. The Labute approximate surface area is 114 Å². The van der Waals surface area contributed by atoms with Gasteiger partial charge in [-0.1, -0.05) is 20.8 Å². The van der Waals surface area contributed by atoms with E-state index in [0.717, 1.165) is 0 Å². The standard InChI is InChI=1S/C8H16NO.C4H7O.W/c1-5-9-7(10)6-8(2,3)4;1-3-4(2)5;/h1,5-6H2,2-4H3,(H,9,10);1,3H2,2H3;/q2*-1;+2. The molecule has 0 rings (SSSR count). The molecule has 0 saturated carbocycles. The molecular formula is C12H23NO2W. The Balaban J connectivity index is -0.000000242. The molecule has 4 heteroatoms. The fourth-order valence-electron chi connectivity index (χ4n) is 0.684. The van der Waals surface area contributed by atoms with Gasteiger partial charge in [-0.15, -0.1) is 13.0 Å². The first-order chi connectivity index (χ1) is 6.72. The van der Waals surface area contributed by atoms with Crippen LogP contribution in [0.1, 0.15) is 40.5 Å². The Morgan fingerprint density at radius 3 is 1.75 bits per heavy atom. The first-order valence-electron chi connectivity index (χ1n) is 5.07. The molecular weight excluding hydrogens is 374 g/mol. The molecule has 1 amide bonds. The van der Waals surface area contributed by atoms with Crippen LogP contribution in [0, 0.1) is 19.3 Å². The van der Waals surface area contributed by atoms with E-state index in [1.165, 1.54) is 6.92 Å². The molecule has 0 saturated heterocycles. The number of ketones is 1. The number of hydrogen-bond donors (Lipinski definition) is 1. The molecule has 1 N–H and O–H groups in total. The molecule has 94 valence electrons. The third kappa shape index (κ3) is 23.6. The van der Waals surface area contributed by atoms with Gasteiger partial charge in [-0.2, -0.15) is 0 Å². The van der Waals surface area contributed by atoms with Gasteiger partial charge in [0.25, 0.3) is 0 Å². The summed E-state index contributed by atoms with van der Waals surface area (Å²) in [6.45, 7) is 15.0. The second-order valence-electron chi connectivity index (χ2n) is 4.54. The fraction of sp³-hybridized carbons (Fsp3) is 0.667. The van der Waals surface area contributed by atoms with Gasteiger partial charge in [0, 0.05) is 6.42 Å². The molecule has 16 heavy (non-hydrogen) atoms. The van der Waals surface area contributed by atoms with Crippen LogP contribution in [-0.2, 0) is 30.7 Å². The summed E-state index contributed by atoms with van der Waals surface area (Å²) in [5.41, 5.74) is 0.0826. The second kappa shape index (κ2) is 11.3. The van der Waals surface area contributed by atoms with Gasteiger partial charge in [0.1, 0.15) is 0 Å². The minimum absolute atomic E-state index is 0. The van der Waals surface area contributed by atoms with E-state index in [2.05, 4.69) is 19.2 Å². The molecule has 0 radical (unpaired) electrons. The fourth-order valence-corrected chi connectivity index (χ4v) is 0.684.